The van der Waals surface area contributed by atoms with Gasteiger partial charge in [-0.3, -0.25) is 14.2 Å². The number of ether oxygens (including phenoxy) is 1. The molecule has 26 heavy (non-hydrogen) atoms. The minimum atomic E-state index is -0.945. The summed E-state index contributed by atoms with van der Waals surface area (Å²) in [5, 5.41) is 0. The van der Waals surface area contributed by atoms with E-state index in [1.807, 2.05) is 27.7 Å². The van der Waals surface area contributed by atoms with Crippen molar-refractivity contribution in [3.8, 4) is 0 Å². The maximum absolute atomic E-state index is 12.4. The van der Waals surface area contributed by atoms with Gasteiger partial charge in [0.1, 0.15) is 0 Å². The molecule has 1 aromatic heterocycles. The van der Waals surface area contributed by atoms with E-state index in [9.17, 15) is 19.2 Å². The normalized spacial score (nSPS) is 12.7. The van der Waals surface area contributed by atoms with E-state index in [1.54, 1.807) is 4.90 Å². The second kappa shape index (κ2) is 8.64. The number of carbonyl (C=O) groups excluding carboxylic acids is 2. The topological polar surface area (TPSA) is 90.6 Å². The lowest BCUT2D eigenvalue weighted by molar-refractivity contribution is -0.157. The van der Waals surface area contributed by atoms with Crippen LogP contribution in [-0.2, 0) is 28.4 Å². The monoisotopic (exact) mass is 365 g/mol. The van der Waals surface area contributed by atoms with Gasteiger partial charge in [0.2, 0.25) is 0 Å². The quantitative estimate of drug-likeness (QED) is 0.546. The van der Waals surface area contributed by atoms with Gasteiger partial charge >= 0.3 is 11.7 Å². The van der Waals surface area contributed by atoms with Crippen molar-refractivity contribution < 1.29 is 14.3 Å². The Balaban J connectivity index is 2.90. The number of carbonyl (C=O) groups is 2. The SMILES string of the molecule is CC(OC(=O)/C=C/c1cn(C)c(=O)n(C)c1=O)C(=O)N(C(C)C)C(C)C. The van der Waals surface area contributed by atoms with Gasteiger partial charge in [-0.2, -0.15) is 0 Å². The van der Waals surface area contributed by atoms with Crippen molar-refractivity contribution in [2.75, 3.05) is 0 Å². The Morgan fingerprint density at radius 3 is 2.12 bits per heavy atom. The fourth-order valence-electron chi connectivity index (χ4n) is 2.69. The van der Waals surface area contributed by atoms with E-state index in [1.165, 1.54) is 37.9 Å². The molecule has 0 spiro atoms. The lowest BCUT2D eigenvalue weighted by Crippen LogP contribution is -2.47. The van der Waals surface area contributed by atoms with Crippen LogP contribution in [0.5, 0.6) is 0 Å². The molecular formula is C18H27N3O5. The van der Waals surface area contributed by atoms with Crippen molar-refractivity contribution in [3.63, 3.8) is 0 Å². The first-order valence-corrected chi connectivity index (χ1v) is 8.44. The van der Waals surface area contributed by atoms with Crippen molar-refractivity contribution in [2.45, 2.75) is 52.8 Å². The van der Waals surface area contributed by atoms with Crippen LogP contribution in [0.4, 0.5) is 0 Å². The number of hydrogen-bond donors (Lipinski definition) is 0. The molecule has 0 fully saturated rings. The van der Waals surface area contributed by atoms with Crippen LogP contribution in [0.25, 0.3) is 6.08 Å². The van der Waals surface area contributed by atoms with Crippen LogP contribution in [0, 0.1) is 0 Å². The molecule has 1 amide bonds. The summed E-state index contributed by atoms with van der Waals surface area (Å²) in [6, 6.07) is -0.0411. The molecule has 1 unspecified atom stereocenters. The molecule has 0 N–H and O–H groups in total. The summed E-state index contributed by atoms with van der Waals surface area (Å²) in [6.07, 6.45) is 2.73. The second-order valence-electron chi connectivity index (χ2n) is 6.69. The number of aryl methyl sites for hydroxylation is 1. The number of amides is 1. The molecule has 0 saturated heterocycles. The first-order chi connectivity index (χ1) is 12.0. The van der Waals surface area contributed by atoms with Gasteiger partial charge in [0.25, 0.3) is 11.5 Å². The van der Waals surface area contributed by atoms with Crippen LogP contribution in [-0.4, -0.2) is 44.1 Å². The lowest BCUT2D eigenvalue weighted by atomic mass is 10.2. The first-order valence-electron chi connectivity index (χ1n) is 8.44. The zero-order valence-corrected chi connectivity index (χ0v) is 16.3. The van der Waals surface area contributed by atoms with Crippen molar-refractivity contribution in [1.29, 1.82) is 0 Å². The van der Waals surface area contributed by atoms with E-state index in [0.29, 0.717) is 0 Å². The maximum atomic E-state index is 12.4. The Morgan fingerprint density at radius 1 is 1.08 bits per heavy atom. The van der Waals surface area contributed by atoms with Gasteiger partial charge < -0.3 is 14.2 Å². The van der Waals surface area contributed by atoms with Crippen LogP contribution in [0.1, 0.15) is 40.2 Å². The summed E-state index contributed by atoms with van der Waals surface area (Å²) in [5.74, 6) is -1.02. The molecule has 0 aliphatic rings. The van der Waals surface area contributed by atoms with Crippen molar-refractivity contribution in [1.82, 2.24) is 14.0 Å². The fourth-order valence-corrected chi connectivity index (χ4v) is 2.69. The van der Waals surface area contributed by atoms with E-state index in [2.05, 4.69) is 0 Å². The Kier molecular flexibility index (Phi) is 7.11. The highest BCUT2D eigenvalue weighted by Gasteiger charge is 2.27. The summed E-state index contributed by atoms with van der Waals surface area (Å²) >= 11 is 0. The van der Waals surface area contributed by atoms with E-state index < -0.39 is 23.3 Å². The average molecular weight is 365 g/mol. The van der Waals surface area contributed by atoms with Gasteiger partial charge in [0.15, 0.2) is 6.10 Å². The molecular weight excluding hydrogens is 338 g/mol. The highest BCUT2D eigenvalue weighted by Crippen LogP contribution is 2.10. The highest BCUT2D eigenvalue weighted by molar-refractivity contribution is 5.90. The summed E-state index contributed by atoms with van der Waals surface area (Å²) in [5.41, 5.74) is -0.819. The molecule has 0 radical (unpaired) electrons. The zero-order chi connectivity index (χ0) is 20.2. The maximum Gasteiger partial charge on any atom is 0.331 e. The predicted octanol–water partition coefficient (Wildman–Crippen LogP) is 0.674. The number of rotatable bonds is 6. The second-order valence-corrected chi connectivity index (χ2v) is 6.69. The van der Waals surface area contributed by atoms with Gasteiger partial charge in [-0.25, -0.2) is 9.59 Å². The Morgan fingerprint density at radius 2 is 1.62 bits per heavy atom. The molecule has 144 valence electrons. The molecule has 1 heterocycles. The van der Waals surface area contributed by atoms with Crippen molar-refractivity contribution >= 4 is 18.0 Å². The van der Waals surface area contributed by atoms with Gasteiger partial charge in [-0.05, 0) is 40.7 Å². The predicted molar refractivity (Wildman–Crippen MR) is 98.6 cm³/mol. The molecule has 0 aliphatic heterocycles. The summed E-state index contributed by atoms with van der Waals surface area (Å²) in [4.78, 5) is 49.7. The van der Waals surface area contributed by atoms with Crippen molar-refractivity contribution in [2.24, 2.45) is 14.1 Å². The summed E-state index contributed by atoms with van der Waals surface area (Å²) in [7, 11) is 2.86. The molecule has 0 bridgehead atoms. The van der Waals surface area contributed by atoms with Crippen molar-refractivity contribution in [3.05, 3.63) is 38.7 Å². The molecule has 0 aromatic carbocycles. The van der Waals surface area contributed by atoms with Gasteiger partial charge in [0.05, 0.1) is 5.56 Å². The minimum Gasteiger partial charge on any atom is -0.449 e. The number of hydrogen-bond acceptors (Lipinski definition) is 5. The van der Waals surface area contributed by atoms with Crippen LogP contribution in [0.2, 0.25) is 0 Å². The van der Waals surface area contributed by atoms with Gasteiger partial charge in [-0.15, -0.1) is 0 Å². The minimum absolute atomic E-state index is 0.0205. The van der Waals surface area contributed by atoms with E-state index in [4.69, 9.17) is 4.74 Å². The third-order valence-electron chi connectivity index (χ3n) is 3.88. The molecule has 8 nitrogen and oxygen atoms in total. The van der Waals surface area contributed by atoms with Crippen LogP contribution in [0.3, 0.4) is 0 Å². The Hall–Kier alpha value is -2.64. The zero-order valence-electron chi connectivity index (χ0n) is 16.3. The van der Waals surface area contributed by atoms with Crippen LogP contribution < -0.4 is 11.2 Å². The number of aromatic nitrogens is 2. The fraction of sp³-hybridized carbons (Fsp3) is 0.556. The van der Waals surface area contributed by atoms with Gasteiger partial charge in [-0.1, -0.05) is 0 Å². The lowest BCUT2D eigenvalue weighted by Gasteiger charge is -2.32. The summed E-state index contributed by atoms with van der Waals surface area (Å²) in [6.45, 7) is 9.07. The largest absolute Gasteiger partial charge is 0.449 e. The smallest absolute Gasteiger partial charge is 0.331 e. The van der Waals surface area contributed by atoms with E-state index in [-0.39, 0.29) is 23.6 Å². The standard InChI is InChI=1S/C18H27N3O5/c1-11(2)21(12(3)4)16(23)13(5)26-15(22)9-8-14-10-19(6)18(25)20(7)17(14)24/h8-13H,1-7H3/b9-8+. The van der Waals surface area contributed by atoms with E-state index >= 15 is 0 Å². The third-order valence-corrected chi connectivity index (χ3v) is 3.88. The van der Waals surface area contributed by atoms with E-state index in [0.717, 1.165) is 10.6 Å². The third kappa shape index (κ3) is 4.93. The highest BCUT2D eigenvalue weighted by atomic mass is 16.5. The molecule has 1 aromatic rings. The number of nitrogens with zero attached hydrogens (tertiary/aromatic N) is 3. The summed E-state index contributed by atoms with van der Waals surface area (Å²) < 4.78 is 7.33. The first kappa shape index (κ1) is 21.4. The molecule has 8 heteroatoms. The molecule has 1 atom stereocenters. The molecule has 1 rings (SSSR count). The molecule has 0 aliphatic carbocycles. The Bertz CT molecular complexity index is 809. The van der Waals surface area contributed by atoms with Crippen LogP contribution in [0.15, 0.2) is 21.9 Å². The van der Waals surface area contributed by atoms with Crippen LogP contribution >= 0.6 is 0 Å². The Labute approximate surface area is 152 Å². The van der Waals surface area contributed by atoms with Gasteiger partial charge in [0, 0.05) is 38.5 Å². The average Bonchev–Trinajstić information content (AvgIpc) is 2.54. The number of esters is 1. The molecule has 0 saturated carbocycles.